The minimum Gasteiger partial charge on any atom is -0.469 e. The number of hydrogen-bond acceptors (Lipinski definition) is 4. The minimum atomic E-state index is -0.215. The van der Waals surface area contributed by atoms with E-state index in [0.717, 1.165) is 32.0 Å². The maximum atomic E-state index is 11.1. The van der Waals surface area contributed by atoms with E-state index in [1.54, 1.807) is 0 Å². The first kappa shape index (κ1) is 20.7. The molecule has 0 fully saturated rings. The van der Waals surface area contributed by atoms with Crippen LogP contribution in [0.4, 0.5) is 0 Å². The number of carbonyl (C=O) groups is 1. The zero-order chi connectivity index (χ0) is 17.0. The van der Waals surface area contributed by atoms with Gasteiger partial charge in [0.25, 0.3) is 0 Å². The van der Waals surface area contributed by atoms with E-state index in [2.05, 4.69) is 53.0 Å². The number of rotatable bonds is 10. The van der Waals surface area contributed by atoms with Gasteiger partial charge in [0, 0.05) is 38.3 Å². The molecule has 0 unspecified atom stereocenters. The van der Waals surface area contributed by atoms with Crippen LogP contribution < -0.4 is 10.6 Å². The van der Waals surface area contributed by atoms with Gasteiger partial charge in [0.1, 0.15) is 0 Å². The molecule has 0 spiro atoms. The third-order valence-electron chi connectivity index (χ3n) is 3.36. The largest absolute Gasteiger partial charge is 0.469 e. The molecule has 0 heterocycles. The highest BCUT2D eigenvalue weighted by Crippen LogP contribution is 2.05. The highest BCUT2D eigenvalue weighted by Gasteiger charge is 2.12. The molecule has 0 saturated carbocycles. The molecule has 0 atom stereocenters. The summed E-state index contributed by atoms with van der Waals surface area (Å²) < 4.78 is 4.62. The molecule has 0 rings (SSSR count). The Balaban J connectivity index is 4.17. The topological polar surface area (TPSA) is 66.0 Å². The molecular weight excluding hydrogens is 280 g/mol. The Morgan fingerprint density at radius 3 is 2.32 bits per heavy atom. The summed E-state index contributed by atoms with van der Waals surface area (Å²) >= 11 is 0. The third kappa shape index (κ3) is 9.60. The van der Waals surface area contributed by atoms with Crippen molar-refractivity contribution in [1.82, 2.24) is 15.5 Å². The van der Waals surface area contributed by atoms with E-state index in [9.17, 15) is 4.79 Å². The molecule has 2 N–H and O–H groups in total. The van der Waals surface area contributed by atoms with Crippen LogP contribution in [-0.2, 0) is 9.53 Å². The summed E-state index contributed by atoms with van der Waals surface area (Å²) in [5, 5.41) is 6.33. The van der Waals surface area contributed by atoms with Crippen LogP contribution in [0.5, 0.6) is 0 Å². The zero-order valence-electron chi connectivity index (χ0n) is 15.1. The van der Waals surface area contributed by atoms with Gasteiger partial charge in [-0.25, -0.2) is 0 Å². The van der Waals surface area contributed by atoms with Crippen LogP contribution in [0.25, 0.3) is 0 Å². The van der Waals surface area contributed by atoms with Crippen molar-refractivity contribution in [3.63, 3.8) is 0 Å². The Morgan fingerprint density at radius 2 is 1.82 bits per heavy atom. The summed E-state index contributed by atoms with van der Waals surface area (Å²) in [5.41, 5.74) is 0. The Labute approximate surface area is 135 Å². The van der Waals surface area contributed by atoms with Crippen molar-refractivity contribution in [3.8, 4) is 0 Å². The SMILES string of the molecule is CCNC(=NCCCN(C(C)C)C(C)C)NCCC(=O)OC. The number of aliphatic imine (C=N–C) groups is 1. The summed E-state index contributed by atoms with van der Waals surface area (Å²) in [4.78, 5) is 18.1. The van der Waals surface area contributed by atoms with Crippen molar-refractivity contribution < 1.29 is 9.53 Å². The quantitative estimate of drug-likeness (QED) is 0.278. The summed E-state index contributed by atoms with van der Waals surface area (Å²) in [5.74, 6) is 0.542. The number of carbonyl (C=O) groups excluding carboxylic acids is 1. The van der Waals surface area contributed by atoms with E-state index in [-0.39, 0.29) is 5.97 Å². The van der Waals surface area contributed by atoms with Gasteiger partial charge in [-0.05, 0) is 41.0 Å². The lowest BCUT2D eigenvalue weighted by molar-refractivity contribution is -0.140. The summed E-state index contributed by atoms with van der Waals surface area (Å²) in [6.45, 7) is 14.1. The number of hydrogen-bond donors (Lipinski definition) is 2. The number of nitrogens with one attached hydrogen (secondary N) is 2. The molecule has 6 heteroatoms. The maximum Gasteiger partial charge on any atom is 0.307 e. The van der Waals surface area contributed by atoms with Crippen LogP contribution in [0.1, 0.15) is 47.5 Å². The molecule has 6 nitrogen and oxygen atoms in total. The van der Waals surface area contributed by atoms with Crippen LogP contribution in [0.15, 0.2) is 4.99 Å². The Bertz CT molecular complexity index is 322. The highest BCUT2D eigenvalue weighted by atomic mass is 16.5. The van der Waals surface area contributed by atoms with Crippen LogP contribution >= 0.6 is 0 Å². The second kappa shape index (κ2) is 12.3. The van der Waals surface area contributed by atoms with Gasteiger partial charge in [-0.2, -0.15) is 0 Å². The number of methoxy groups -OCH3 is 1. The van der Waals surface area contributed by atoms with Crippen LogP contribution in [0.3, 0.4) is 0 Å². The number of guanidine groups is 1. The van der Waals surface area contributed by atoms with E-state index < -0.39 is 0 Å². The third-order valence-corrected chi connectivity index (χ3v) is 3.36. The van der Waals surface area contributed by atoms with Crippen molar-refractivity contribution in [1.29, 1.82) is 0 Å². The van der Waals surface area contributed by atoms with Gasteiger partial charge in [0.15, 0.2) is 5.96 Å². The average Bonchev–Trinajstić information content (AvgIpc) is 2.45. The predicted molar refractivity (Wildman–Crippen MR) is 92.2 cm³/mol. The Morgan fingerprint density at radius 1 is 1.18 bits per heavy atom. The first-order valence-corrected chi connectivity index (χ1v) is 8.27. The molecule has 0 amide bonds. The van der Waals surface area contributed by atoms with Gasteiger partial charge in [-0.1, -0.05) is 0 Å². The van der Waals surface area contributed by atoms with Gasteiger partial charge in [-0.15, -0.1) is 0 Å². The van der Waals surface area contributed by atoms with Crippen molar-refractivity contribution in [3.05, 3.63) is 0 Å². The van der Waals surface area contributed by atoms with Crippen molar-refractivity contribution in [2.75, 3.05) is 33.3 Å². The maximum absolute atomic E-state index is 11.1. The van der Waals surface area contributed by atoms with E-state index in [1.807, 2.05) is 6.92 Å². The van der Waals surface area contributed by atoms with Crippen LogP contribution in [0.2, 0.25) is 0 Å². The normalized spacial score (nSPS) is 12.1. The molecule has 22 heavy (non-hydrogen) atoms. The smallest absolute Gasteiger partial charge is 0.307 e. The Kier molecular flexibility index (Phi) is 11.5. The van der Waals surface area contributed by atoms with Crippen molar-refractivity contribution >= 4 is 11.9 Å². The first-order valence-electron chi connectivity index (χ1n) is 8.27. The molecule has 0 aliphatic carbocycles. The molecule has 0 aromatic rings. The minimum absolute atomic E-state index is 0.215. The van der Waals surface area contributed by atoms with E-state index in [1.165, 1.54) is 7.11 Å². The van der Waals surface area contributed by atoms with Crippen molar-refractivity contribution in [2.45, 2.75) is 59.5 Å². The van der Waals surface area contributed by atoms with Crippen LogP contribution in [-0.4, -0.2) is 62.2 Å². The molecule has 0 bridgehead atoms. The second-order valence-electron chi connectivity index (χ2n) is 5.79. The fraction of sp³-hybridized carbons (Fsp3) is 0.875. The summed E-state index contributed by atoms with van der Waals surface area (Å²) in [6, 6.07) is 1.10. The molecule has 0 saturated heterocycles. The fourth-order valence-corrected chi connectivity index (χ4v) is 2.28. The number of ether oxygens (including phenoxy) is 1. The summed E-state index contributed by atoms with van der Waals surface area (Å²) in [7, 11) is 1.40. The molecule has 0 aromatic carbocycles. The summed E-state index contributed by atoms with van der Waals surface area (Å²) in [6.07, 6.45) is 1.36. The molecule has 0 radical (unpaired) electrons. The van der Waals surface area contributed by atoms with Gasteiger partial charge < -0.3 is 15.4 Å². The van der Waals surface area contributed by atoms with Gasteiger partial charge >= 0.3 is 5.97 Å². The van der Waals surface area contributed by atoms with Crippen LogP contribution in [0, 0.1) is 0 Å². The van der Waals surface area contributed by atoms with Gasteiger partial charge in [0.2, 0.25) is 0 Å². The number of nitrogens with zero attached hydrogens (tertiary/aromatic N) is 2. The van der Waals surface area contributed by atoms with E-state index in [0.29, 0.717) is 25.0 Å². The lowest BCUT2D eigenvalue weighted by atomic mass is 10.2. The van der Waals surface area contributed by atoms with E-state index >= 15 is 0 Å². The number of esters is 1. The van der Waals surface area contributed by atoms with Gasteiger partial charge in [-0.3, -0.25) is 14.7 Å². The Hall–Kier alpha value is -1.30. The van der Waals surface area contributed by atoms with Gasteiger partial charge in [0.05, 0.1) is 13.5 Å². The lowest BCUT2D eigenvalue weighted by Gasteiger charge is -2.30. The lowest BCUT2D eigenvalue weighted by Crippen LogP contribution is -2.39. The monoisotopic (exact) mass is 314 g/mol. The molecule has 0 aromatic heterocycles. The molecule has 130 valence electrons. The zero-order valence-corrected chi connectivity index (χ0v) is 15.1. The highest BCUT2D eigenvalue weighted by molar-refractivity contribution is 5.80. The first-order chi connectivity index (χ1) is 10.4. The average molecular weight is 314 g/mol. The molecule has 0 aliphatic heterocycles. The standard InChI is InChI=1S/C16H34N4O2/c1-7-17-16(19-11-9-15(21)22-6)18-10-8-12-20(13(2)3)14(4)5/h13-14H,7-12H2,1-6H3,(H2,17,18,19). The van der Waals surface area contributed by atoms with E-state index in [4.69, 9.17) is 0 Å². The molecular formula is C16H34N4O2. The van der Waals surface area contributed by atoms with Crippen molar-refractivity contribution in [2.24, 2.45) is 4.99 Å². The second-order valence-corrected chi connectivity index (χ2v) is 5.79. The molecule has 0 aliphatic rings. The predicted octanol–water partition coefficient (Wildman–Crippen LogP) is 1.61. The fourth-order valence-electron chi connectivity index (χ4n) is 2.28.